The summed E-state index contributed by atoms with van der Waals surface area (Å²) < 4.78 is 0. The molecule has 1 amide bonds. The molecule has 0 heterocycles. The normalized spacial score (nSPS) is 14.3. The maximum atomic E-state index is 11.3. The van der Waals surface area contributed by atoms with Gasteiger partial charge < -0.3 is 16.2 Å². The number of carboxylic acid groups (broad SMARTS) is 1. The first kappa shape index (κ1) is 13.9. The van der Waals surface area contributed by atoms with E-state index in [1.807, 2.05) is 13.8 Å². The second kappa shape index (κ2) is 7.23. The molecule has 0 aliphatic carbocycles. The van der Waals surface area contributed by atoms with Crippen molar-refractivity contribution in [3.8, 4) is 0 Å². The molecule has 0 fully saturated rings. The van der Waals surface area contributed by atoms with Crippen LogP contribution in [0.4, 0.5) is 0 Å². The Morgan fingerprint density at radius 3 is 2.47 bits per heavy atom. The Balaban J connectivity index is 4.16. The van der Waals surface area contributed by atoms with Crippen molar-refractivity contribution < 1.29 is 14.7 Å². The van der Waals surface area contributed by atoms with Crippen LogP contribution in [0.3, 0.4) is 0 Å². The molecule has 0 rings (SSSR count). The van der Waals surface area contributed by atoms with E-state index in [-0.39, 0.29) is 18.2 Å². The minimum atomic E-state index is -0.981. The lowest BCUT2D eigenvalue weighted by molar-refractivity contribution is -0.143. The Kier molecular flexibility index (Phi) is 6.70. The molecule has 0 aliphatic rings. The van der Waals surface area contributed by atoms with Gasteiger partial charge in [0, 0.05) is 6.42 Å². The first-order valence-electron chi connectivity index (χ1n) is 5.25. The zero-order valence-corrected chi connectivity index (χ0v) is 9.32. The van der Waals surface area contributed by atoms with E-state index in [9.17, 15) is 9.59 Å². The predicted molar refractivity (Wildman–Crippen MR) is 57.3 cm³/mol. The van der Waals surface area contributed by atoms with Crippen LogP contribution in [0.1, 0.15) is 33.1 Å². The monoisotopic (exact) mass is 216 g/mol. The molecule has 2 atom stereocenters. The van der Waals surface area contributed by atoms with Crippen molar-refractivity contribution in [2.24, 2.45) is 11.7 Å². The molecule has 0 unspecified atom stereocenters. The Morgan fingerprint density at radius 1 is 1.47 bits per heavy atom. The molecule has 0 aromatic heterocycles. The number of amides is 1. The van der Waals surface area contributed by atoms with Gasteiger partial charge >= 0.3 is 5.97 Å². The molecule has 4 N–H and O–H groups in total. The summed E-state index contributed by atoms with van der Waals surface area (Å²) in [4.78, 5) is 22.2. The average Bonchev–Trinajstić information content (AvgIpc) is 2.21. The van der Waals surface area contributed by atoms with Gasteiger partial charge in [-0.25, -0.2) is 4.79 Å². The Bertz CT molecular complexity index is 219. The number of hydrogen-bond donors (Lipinski definition) is 3. The average molecular weight is 216 g/mol. The quantitative estimate of drug-likeness (QED) is 0.572. The fraction of sp³-hybridized carbons (Fsp3) is 0.800. The second-order valence-corrected chi connectivity index (χ2v) is 3.66. The predicted octanol–water partition coefficient (Wildman–Crippen LogP) is 0.341. The van der Waals surface area contributed by atoms with Crippen molar-refractivity contribution in [1.29, 1.82) is 0 Å². The van der Waals surface area contributed by atoms with Gasteiger partial charge in [-0.1, -0.05) is 20.3 Å². The van der Waals surface area contributed by atoms with E-state index >= 15 is 0 Å². The summed E-state index contributed by atoms with van der Waals surface area (Å²) in [6.07, 6.45) is 1.59. The first-order chi connectivity index (χ1) is 7.02. The summed E-state index contributed by atoms with van der Waals surface area (Å²) in [6.45, 7) is 4.14. The highest BCUT2D eigenvalue weighted by molar-refractivity contribution is 5.83. The van der Waals surface area contributed by atoms with E-state index in [0.29, 0.717) is 19.4 Å². The molecular formula is C10H20N2O3. The number of aliphatic carboxylic acids is 1. The van der Waals surface area contributed by atoms with Crippen LogP contribution in [0.25, 0.3) is 0 Å². The minimum Gasteiger partial charge on any atom is -0.480 e. The van der Waals surface area contributed by atoms with Crippen LogP contribution in [0.15, 0.2) is 0 Å². The van der Waals surface area contributed by atoms with Crippen LogP contribution < -0.4 is 11.1 Å². The van der Waals surface area contributed by atoms with E-state index in [0.717, 1.165) is 0 Å². The maximum Gasteiger partial charge on any atom is 0.326 e. The third-order valence-corrected chi connectivity index (χ3v) is 2.40. The Hall–Kier alpha value is -1.10. The van der Waals surface area contributed by atoms with E-state index in [1.54, 1.807) is 0 Å². The standard InChI is InChI=1S/C10H20N2O3/c1-3-7(2)9(10(14)15)12-8(13)5-4-6-11/h7,9H,3-6,11H2,1-2H3,(H,12,13)(H,14,15)/t7-,9-/m0/s1. The van der Waals surface area contributed by atoms with Crippen molar-refractivity contribution in [3.63, 3.8) is 0 Å². The number of carboxylic acids is 1. The Morgan fingerprint density at radius 2 is 2.07 bits per heavy atom. The van der Waals surface area contributed by atoms with Gasteiger partial charge in [-0.3, -0.25) is 4.79 Å². The second-order valence-electron chi connectivity index (χ2n) is 3.66. The maximum absolute atomic E-state index is 11.3. The van der Waals surface area contributed by atoms with Crippen LogP contribution in [-0.4, -0.2) is 29.6 Å². The van der Waals surface area contributed by atoms with Crippen molar-refractivity contribution >= 4 is 11.9 Å². The van der Waals surface area contributed by atoms with Crippen LogP contribution in [0.5, 0.6) is 0 Å². The highest BCUT2D eigenvalue weighted by Gasteiger charge is 2.24. The zero-order chi connectivity index (χ0) is 11.8. The molecule has 0 bridgehead atoms. The number of rotatable bonds is 7. The summed E-state index contributed by atoms with van der Waals surface area (Å²) in [5.41, 5.74) is 5.26. The van der Waals surface area contributed by atoms with Crippen LogP contribution in [-0.2, 0) is 9.59 Å². The van der Waals surface area contributed by atoms with Gasteiger partial charge in [-0.15, -0.1) is 0 Å². The molecule has 0 aliphatic heterocycles. The molecular weight excluding hydrogens is 196 g/mol. The molecule has 0 spiro atoms. The van der Waals surface area contributed by atoms with Crippen LogP contribution >= 0.6 is 0 Å². The summed E-state index contributed by atoms with van der Waals surface area (Å²) in [5, 5.41) is 11.4. The SMILES string of the molecule is CC[C@H](C)[C@H](NC(=O)CCCN)C(=O)O. The largest absolute Gasteiger partial charge is 0.480 e. The minimum absolute atomic E-state index is 0.0654. The topological polar surface area (TPSA) is 92.4 Å². The number of nitrogens with two attached hydrogens (primary N) is 1. The molecule has 5 heteroatoms. The lowest BCUT2D eigenvalue weighted by Gasteiger charge is -2.19. The van der Waals surface area contributed by atoms with E-state index in [4.69, 9.17) is 10.8 Å². The van der Waals surface area contributed by atoms with Gasteiger partial charge in [-0.05, 0) is 18.9 Å². The van der Waals surface area contributed by atoms with Crippen LogP contribution in [0, 0.1) is 5.92 Å². The van der Waals surface area contributed by atoms with Crippen molar-refractivity contribution in [3.05, 3.63) is 0 Å². The van der Waals surface area contributed by atoms with Crippen LogP contribution in [0.2, 0.25) is 0 Å². The van der Waals surface area contributed by atoms with Gasteiger partial charge in [0.05, 0.1) is 0 Å². The molecule has 5 nitrogen and oxygen atoms in total. The van der Waals surface area contributed by atoms with Gasteiger partial charge in [0.15, 0.2) is 0 Å². The lowest BCUT2D eigenvalue weighted by Crippen LogP contribution is -2.45. The van der Waals surface area contributed by atoms with Crippen molar-refractivity contribution in [1.82, 2.24) is 5.32 Å². The number of carbonyl (C=O) groups is 2. The van der Waals surface area contributed by atoms with Crippen molar-refractivity contribution in [2.45, 2.75) is 39.2 Å². The van der Waals surface area contributed by atoms with Crippen molar-refractivity contribution in [2.75, 3.05) is 6.54 Å². The van der Waals surface area contributed by atoms with Gasteiger partial charge in [0.2, 0.25) is 5.91 Å². The van der Waals surface area contributed by atoms with E-state index < -0.39 is 12.0 Å². The fourth-order valence-electron chi connectivity index (χ4n) is 1.19. The fourth-order valence-corrected chi connectivity index (χ4v) is 1.19. The summed E-state index contributed by atoms with van der Waals surface area (Å²) in [7, 11) is 0. The van der Waals surface area contributed by atoms with Gasteiger partial charge in [0.25, 0.3) is 0 Å². The Labute approximate surface area is 90.0 Å². The van der Waals surface area contributed by atoms with E-state index in [2.05, 4.69) is 5.32 Å². The van der Waals surface area contributed by atoms with Gasteiger partial charge in [0.1, 0.15) is 6.04 Å². The summed E-state index contributed by atoms with van der Waals surface area (Å²) in [5.74, 6) is -1.29. The lowest BCUT2D eigenvalue weighted by atomic mass is 9.99. The molecule has 0 saturated carbocycles. The number of carbonyl (C=O) groups excluding carboxylic acids is 1. The summed E-state index contributed by atoms with van der Waals surface area (Å²) >= 11 is 0. The smallest absolute Gasteiger partial charge is 0.326 e. The first-order valence-corrected chi connectivity index (χ1v) is 5.25. The third kappa shape index (κ3) is 5.37. The number of nitrogens with one attached hydrogen (secondary N) is 1. The highest BCUT2D eigenvalue weighted by Crippen LogP contribution is 2.08. The number of hydrogen-bond acceptors (Lipinski definition) is 3. The molecule has 0 radical (unpaired) electrons. The molecule has 0 aromatic rings. The third-order valence-electron chi connectivity index (χ3n) is 2.40. The highest BCUT2D eigenvalue weighted by atomic mass is 16.4. The zero-order valence-electron chi connectivity index (χ0n) is 9.32. The molecule has 15 heavy (non-hydrogen) atoms. The molecule has 0 aromatic carbocycles. The molecule has 88 valence electrons. The summed E-state index contributed by atoms with van der Waals surface area (Å²) in [6, 6.07) is -0.791. The van der Waals surface area contributed by atoms with Gasteiger partial charge in [-0.2, -0.15) is 0 Å². The van der Waals surface area contributed by atoms with E-state index in [1.165, 1.54) is 0 Å². The molecule has 0 saturated heterocycles.